The average molecular weight is 229 g/mol. The molecule has 1 rings (SSSR count). The van der Waals surface area contributed by atoms with E-state index in [-0.39, 0.29) is 0 Å². The Morgan fingerprint density at radius 2 is 2.00 bits per heavy atom. The molecule has 94 valence electrons. The number of carboxylic acids is 1. The molecule has 0 unspecified atom stereocenters. The zero-order chi connectivity index (χ0) is 11.8. The molecular formula is C12H23NO3. The summed E-state index contributed by atoms with van der Waals surface area (Å²) in [4.78, 5) is 12.8. The maximum Gasteiger partial charge on any atom is 0.303 e. The molecule has 1 saturated heterocycles. The number of carboxylic acid groups (broad SMARTS) is 1. The molecule has 0 amide bonds. The molecule has 1 aliphatic heterocycles. The molecule has 0 aromatic rings. The van der Waals surface area contributed by atoms with E-state index >= 15 is 0 Å². The molecule has 0 bridgehead atoms. The lowest BCUT2D eigenvalue weighted by atomic mass is 10.1. The standard InChI is InChI=1S/C12H23NO3/c1-16-11-6-9-13(10-7-11)8-4-2-3-5-12(14)15/h11H,2-10H2,1H3,(H,14,15). The average Bonchev–Trinajstić information content (AvgIpc) is 2.29. The number of carbonyl (C=O) groups is 1. The number of rotatable bonds is 7. The first kappa shape index (κ1) is 13.5. The maximum atomic E-state index is 10.3. The summed E-state index contributed by atoms with van der Waals surface area (Å²) >= 11 is 0. The molecule has 0 atom stereocenters. The first-order chi connectivity index (χ1) is 7.72. The Morgan fingerprint density at radius 1 is 1.31 bits per heavy atom. The van der Waals surface area contributed by atoms with Crippen molar-refractivity contribution in [2.75, 3.05) is 26.7 Å². The van der Waals surface area contributed by atoms with Crippen molar-refractivity contribution in [2.24, 2.45) is 0 Å². The van der Waals surface area contributed by atoms with Crippen LogP contribution >= 0.6 is 0 Å². The van der Waals surface area contributed by atoms with Crippen LogP contribution in [0, 0.1) is 0 Å². The third-order valence-corrected chi connectivity index (χ3v) is 3.23. The molecular weight excluding hydrogens is 206 g/mol. The van der Waals surface area contributed by atoms with E-state index in [1.165, 1.54) is 0 Å². The van der Waals surface area contributed by atoms with Crippen molar-refractivity contribution < 1.29 is 14.6 Å². The van der Waals surface area contributed by atoms with E-state index in [0.29, 0.717) is 12.5 Å². The second-order valence-electron chi connectivity index (χ2n) is 4.48. The Hall–Kier alpha value is -0.610. The van der Waals surface area contributed by atoms with Crippen LogP contribution in [0.3, 0.4) is 0 Å². The molecule has 4 heteroatoms. The molecule has 0 aromatic carbocycles. The molecule has 16 heavy (non-hydrogen) atoms. The van der Waals surface area contributed by atoms with E-state index in [9.17, 15) is 4.79 Å². The zero-order valence-corrected chi connectivity index (χ0v) is 10.2. The number of nitrogens with zero attached hydrogens (tertiary/aromatic N) is 1. The van der Waals surface area contributed by atoms with Crippen LogP contribution in [0.1, 0.15) is 38.5 Å². The molecule has 1 N–H and O–H groups in total. The molecule has 0 aliphatic carbocycles. The first-order valence-electron chi connectivity index (χ1n) is 6.19. The van der Waals surface area contributed by atoms with E-state index in [1.54, 1.807) is 7.11 Å². The van der Waals surface area contributed by atoms with Crippen LogP contribution in [0.15, 0.2) is 0 Å². The summed E-state index contributed by atoms with van der Waals surface area (Å²) in [6.07, 6.45) is 5.97. The zero-order valence-electron chi connectivity index (χ0n) is 10.2. The summed E-state index contributed by atoms with van der Waals surface area (Å²) in [5, 5.41) is 8.49. The predicted octanol–water partition coefficient (Wildman–Crippen LogP) is 1.74. The molecule has 1 heterocycles. The topological polar surface area (TPSA) is 49.8 Å². The SMILES string of the molecule is COC1CCN(CCCCCC(=O)O)CC1. The van der Waals surface area contributed by atoms with Crippen LogP contribution < -0.4 is 0 Å². The normalized spacial score (nSPS) is 18.8. The van der Waals surface area contributed by atoms with Crippen molar-refractivity contribution in [2.45, 2.75) is 44.6 Å². The number of aliphatic carboxylic acids is 1. The highest BCUT2D eigenvalue weighted by atomic mass is 16.5. The van der Waals surface area contributed by atoms with Crippen molar-refractivity contribution in [1.29, 1.82) is 0 Å². The Labute approximate surface area is 97.6 Å². The van der Waals surface area contributed by atoms with Gasteiger partial charge in [0.1, 0.15) is 0 Å². The predicted molar refractivity (Wildman–Crippen MR) is 62.6 cm³/mol. The van der Waals surface area contributed by atoms with Gasteiger partial charge in [0.05, 0.1) is 6.10 Å². The highest BCUT2D eigenvalue weighted by molar-refractivity contribution is 5.66. The minimum atomic E-state index is -0.680. The van der Waals surface area contributed by atoms with Gasteiger partial charge in [0, 0.05) is 26.6 Å². The summed E-state index contributed by atoms with van der Waals surface area (Å²) in [5.74, 6) is -0.680. The van der Waals surface area contributed by atoms with Gasteiger partial charge in [0.15, 0.2) is 0 Å². The van der Waals surface area contributed by atoms with E-state index < -0.39 is 5.97 Å². The number of likely N-dealkylation sites (tertiary alicyclic amines) is 1. The first-order valence-corrected chi connectivity index (χ1v) is 6.19. The van der Waals surface area contributed by atoms with Crippen molar-refractivity contribution in [3.63, 3.8) is 0 Å². The third kappa shape index (κ3) is 5.47. The van der Waals surface area contributed by atoms with E-state index in [0.717, 1.165) is 51.7 Å². The molecule has 0 saturated carbocycles. The number of unbranched alkanes of at least 4 members (excludes halogenated alkanes) is 2. The van der Waals surface area contributed by atoms with Gasteiger partial charge >= 0.3 is 5.97 Å². The van der Waals surface area contributed by atoms with Crippen molar-refractivity contribution >= 4 is 5.97 Å². The number of hydrogen-bond acceptors (Lipinski definition) is 3. The third-order valence-electron chi connectivity index (χ3n) is 3.23. The van der Waals surface area contributed by atoms with Gasteiger partial charge in [-0.05, 0) is 32.2 Å². The summed E-state index contributed by atoms with van der Waals surface area (Å²) in [7, 11) is 1.78. The molecule has 1 fully saturated rings. The monoisotopic (exact) mass is 229 g/mol. The smallest absolute Gasteiger partial charge is 0.303 e. The minimum Gasteiger partial charge on any atom is -0.481 e. The van der Waals surface area contributed by atoms with Gasteiger partial charge in [0.2, 0.25) is 0 Å². The minimum absolute atomic E-state index is 0.311. The van der Waals surface area contributed by atoms with Gasteiger partial charge in [-0.1, -0.05) is 6.42 Å². The van der Waals surface area contributed by atoms with Gasteiger partial charge in [-0.2, -0.15) is 0 Å². The van der Waals surface area contributed by atoms with Gasteiger partial charge in [-0.3, -0.25) is 4.79 Å². The van der Waals surface area contributed by atoms with Crippen LogP contribution in [-0.2, 0) is 9.53 Å². The molecule has 0 spiro atoms. The van der Waals surface area contributed by atoms with Crippen LogP contribution in [-0.4, -0.2) is 48.8 Å². The van der Waals surface area contributed by atoms with Crippen LogP contribution in [0.5, 0.6) is 0 Å². The molecule has 0 aromatic heterocycles. The van der Waals surface area contributed by atoms with E-state index in [1.807, 2.05) is 0 Å². The van der Waals surface area contributed by atoms with Crippen LogP contribution in [0.4, 0.5) is 0 Å². The number of ether oxygens (including phenoxy) is 1. The quantitative estimate of drug-likeness (QED) is 0.676. The fourth-order valence-electron chi connectivity index (χ4n) is 2.16. The number of hydrogen-bond donors (Lipinski definition) is 1. The summed E-state index contributed by atoms with van der Waals surface area (Å²) < 4.78 is 5.32. The highest BCUT2D eigenvalue weighted by Crippen LogP contribution is 2.13. The summed E-state index contributed by atoms with van der Waals surface area (Å²) in [5.41, 5.74) is 0. The number of methoxy groups -OCH3 is 1. The summed E-state index contributed by atoms with van der Waals surface area (Å²) in [6.45, 7) is 3.35. The number of piperidine rings is 1. The van der Waals surface area contributed by atoms with Gasteiger partial charge in [0.25, 0.3) is 0 Å². The van der Waals surface area contributed by atoms with Gasteiger partial charge in [-0.25, -0.2) is 0 Å². The Bertz CT molecular complexity index is 200. The lowest BCUT2D eigenvalue weighted by Gasteiger charge is -2.31. The summed E-state index contributed by atoms with van der Waals surface area (Å²) in [6, 6.07) is 0. The molecule has 1 aliphatic rings. The Balaban J connectivity index is 1.96. The lowest BCUT2D eigenvalue weighted by molar-refractivity contribution is -0.137. The largest absolute Gasteiger partial charge is 0.481 e. The van der Waals surface area contributed by atoms with Gasteiger partial charge in [-0.15, -0.1) is 0 Å². The second kappa shape index (κ2) is 7.63. The lowest BCUT2D eigenvalue weighted by Crippen LogP contribution is -2.37. The van der Waals surface area contributed by atoms with Crippen LogP contribution in [0.2, 0.25) is 0 Å². The van der Waals surface area contributed by atoms with E-state index in [2.05, 4.69) is 4.90 Å². The van der Waals surface area contributed by atoms with Crippen molar-refractivity contribution in [3.05, 3.63) is 0 Å². The van der Waals surface area contributed by atoms with Crippen molar-refractivity contribution in [1.82, 2.24) is 4.90 Å². The molecule has 0 radical (unpaired) electrons. The highest BCUT2D eigenvalue weighted by Gasteiger charge is 2.17. The van der Waals surface area contributed by atoms with Crippen LogP contribution in [0.25, 0.3) is 0 Å². The Kier molecular flexibility index (Phi) is 6.42. The maximum absolute atomic E-state index is 10.3. The fourth-order valence-corrected chi connectivity index (χ4v) is 2.16. The second-order valence-corrected chi connectivity index (χ2v) is 4.48. The van der Waals surface area contributed by atoms with Crippen molar-refractivity contribution in [3.8, 4) is 0 Å². The van der Waals surface area contributed by atoms with Gasteiger partial charge < -0.3 is 14.7 Å². The van der Waals surface area contributed by atoms with E-state index in [4.69, 9.17) is 9.84 Å². The Morgan fingerprint density at radius 3 is 2.56 bits per heavy atom. The molecule has 4 nitrogen and oxygen atoms in total. The fraction of sp³-hybridized carbons (Fsp3) is 0.917.